The molecule has 3 aromatic carbocycles. The van der Waals surface area contributed by atoms with E-state index in [0.29, 0.717) is 23.8 Å². The number of rotatable bonds is 7. The van der Waals surface area contributed by atoms with Gasteiger partial charge in [0.2, 0.25) is 5.95 Å². The number of fused-ring (bicyclic) bond motifs is 3. The molecule has 0 radical (unpaired) electrons. The molecule has 34 heavy (non-hydrogen) atoms. The van der Waals surface area contributed by atoms with E-state index < -0.39 is 6.04 Å². The molecule has 0 bridgehead atoms. The fourth-order valence-electron chi connectivity index (χ4n) is 4.40. The van der Waals surface area contributed by atoms with Gasteiger partial charge in [0.1, 0.15) is 5.75 Å². The lowest BCUT2D eigenvalue weighted by molar-refractivity contribution is -0.138. The van der Waals surface area contributed by atoms with Crippen LogP contribution in [0.25, 0.3) is 16.7 Å². The Bertz CT molecular complexity index is 1360. The van der Waals surface area contributed by atoms with Crippen LogP contribution in [0.2, 0.25) is 0 Å². The van der Waals surface area contributed by atoms with Crippen LogP contribution in [0.1, 0.15) is 37.4 Å². The molecule has 6 heteroatoms. The molecule has 172 valence electrons. The zero-order valence-electron chi connectivity index (χ0n) is 19.3. The van der Waals surface area contributed by atoms with Gasteiger partial charge in [-0.3, -0.25) is 4.57 Å². The third-order valence-corrected chi connectivity index (χ3v) is 5.84. The highest BCUT2D eigenvalue weighted by molar-refractivity contribution is 6.03. The third kappa shape index (κ3) is 3.92. The predicted molar refractivity (Wildman–Crippen MR) is 134 cm³/mol. The van der Waals surface area contributed by atoms with Crippen molar-refractivity contribution in [2.45, 2.75) is 26.3 Å². The Labute approximate surface area is 198 Å². The topological polar surface area (TPSA) is 65.4 Å². The lowest BCUT2D eigenvalue weighted by Crippen LogP contribution is -2.29. The standard InChI is InChI=1S/C28H27N3O3/c1-3-17-34-21-14-10-13-20(18-21)26-24(27(32)33-4-2)25(19-11-6-5-7-12-19)30-28-29-22-15-8-9-16-23(22)31(26)28/h5-16,18,26H,3-4,17H2,1-2H3,(H,29,30)/t26-/m0/s1. The quantitative estimate of drug-likeness (QED) is 0.358. The molecule has 1 aliphatic heterocycles. The molecule has 4 aromatic rings. The van der Waals surface area contributed by atoms with Crippen LogP contribution in [-0.2, 0) is 9.53 Å². The van der Waals surface area contributed by atoms with Crippen molar-refractivity contribution in [3.8, 4) is 5.75 Å². The van der Waals surface area contributed by atoms with Gasteiger partial charge in [-0.25, -0.2) is 9.78 Å². The van der Waals surface area contributed by atoms with E-state index in [1.54, 1.807) is 0 Å². The van der Waals surface area contributed by atoms with Gasteiger partial charge in [-0.05, 0) is 48.7 Å². The van der Waals surface area contributed by atoms with Gasteiger partial charge in [0, 0.05) is 0 Å². The van der Waals surface area contributed by atoms with Gasteiger partial charge < -0.3 is 14.8 Å². The molecule has 0 fully saturated rings. The number of carbonyl (C=O) groups excluding carboxylic acids is 1. The Morgan fingerprint density at radius 3 is 2.59 bits per heavy atom. The minimum absolute atomic E-state index is 0.286. The monoisotopic (exact) mass is 453 g/mol. The Kier molecular flexibility index (Phi) is 6.04. The molecule has 0 saturated heterocycles. The second-order valence-electron chi connectivity index (χ2n) is 8.12. The molecule has 2 heterocycles. The molecule has 1 N–H and O–H groups in total. The maximum absolute atomic E-state index is 13.5. The first kappa shape index (κ1) is 21.8. The Morgan fingerprint density at radius 2 is 1.79 bits per heavy atom. The molecule has 0 spiro atoms. The lowest BCUT2D eigenvalue weighted by atomic mass is 9.92. The van der Waals surface area contributed by atoms with Crippen LogP contribution < -0.4 is 10.1 Å². The number of imidazole rings is 1. The van der Waals surface area contributed by atoms with Crippen LogP contribution in [0.15, 0.2) is 84.4 Å². The summed E-state index contributed by atoms with van der Waals surface area (Å²) in [6.45, 7) is 4.82. The van der Waals surface area contributed by atoms with Crippen LogP contribution in [0.5, 0.6) is 5.75 Å². The van der Waals surface area contributed by atoms with Crippen molar-refractivity contribution in [2.75, 3.05) is 18.5 Å². The zero-order valence-corrected chi connectivity index (χ0v) is 19.3. The summed E-state index contributed by atoms with van der Waals surface area (Å²) in [5, 5.41) is 3.44. The molecule has 0 unspecified atom stereocenters. The van der Waals surface area contributed by atoms with Gasteiger partial charge in [0.15, 0.2) is 0 Å². The van der Waals surface area contributed by atoms with Crippen molar-refractivity contribution < 1.29 is 14.3 Å². The maximum Gasteiger partial charge on any atom is 0.338 e. The number of anilines is 1. The smallest absolute Gasteiger partial charge is 0.338 e. The highest BCUT2D eigenvalue weighted by atomic mass is 16.5. The van der Waals surface area contributed by atoms with E-state index in [4.69, 9.17) is 14.5 Å². The molecule has 0 saturated carbocycles. The van der Waals surface area contributed by atoms with E-state index >= 15 is 0 Å². The Morgan fingerprint density at radius 1 is 1.00 bits per heavy atom. The largest absolute Gasteiger partial charge is 0.494 e. The Balaban J connectivity index is 1.78. The van der Waals surface area contributed by atoms with E-state index in [-0.39, 0.29) is 12.6 Å². The van der Waals surface area contributed by atoms with Crippen LogP contribution in [-0.4, -0.2) is 28.7 Å². The Hall–Kier alpha value is -4.06. The summed E-state index contributed by atoms with van der Waals surface area (Å²) in [5.41, 5.74) is 4.85. The number of para-hydroxylation sites is 2. The summed E-state index contributed by atoms with van der Waals surface area (Å²) < 4.78 is 13.6. The number of hydrogen-bond acceptors (Lipinski definition) is 5. The van der Waals surface area contributed by atoms with Crippen LogP contribution in [0, 0.1) is 0 Å². The van der Waals surface area contributed by atoms with E-state index in [1.807, 2.05) is 85.8 Å². The summed E-state index contributed by atoms with van der Waals surface area (Å²) in [6.07, 6.45) is 0.917. The number of hydrogen-bond donors (Lipinski definition) is 1. The fourth-order valence-corrected chi connectivity index (χ4v) is 4.40. The molecule has 1 atom stereocenters. The second-order valence-corrected chi connectivity index (χ2v) is 8.12. The van der Waals surface area contributed by atoms with Gasteiger partial charge in [0.25, 0.3) is 0 Å². The van der Waals surface area contributed by atoms with Crippen molar-refractivity contribution >= 4 is 28.6 Å². The summed E-state index contributed by atoms with van der Waals surface area (Å²) in [5.74, 6) is 1.09. The SMILES string of the molecule is CCCOc1cccc([C@H]2C(C(=O)OCC)=C(c3ccccc3)Nc3nc4ccccc4n32)c1. The average Bonchev–Trinajstić information content (AvgIpc) is 3.25. The summed E-state index contributed by atoms with van der Waals surface area (Å²) in [7, 11) is 0. The fraction of sp³-hybridized carbons (Fsp3) is 0.214. The van der Waals surface area contributed by atoms with Crippen molar-refractivity contribution in [2.24, 2.45) is 0 Å². The van der Waals surface area contributed by atoms with Gasteiger partial charge >= 0.3 is 5.97 Å². The van der Waals surface area contributed by atoms with Crippen LogP contribution >= 0.6 is 0 Å². The molecule has 6 nitrogen and oxygen atoms in total. The minimum Gasteiger partial charge on any atom is -0.494 e. The number of benzene rings is 3. The number of esters is 1. The zero-order chi connectivity index (χ0) is 23.5. The maximum atomic E-state index is 13.5. The van der Waals surface area contributed by atoms with Crippen molar-refractivity contribution in [3.05, 3.63) is 95.6 Å². The van der Waals surface area contributed by atoms with Gasteiger partial charge in [-0.1, -0.05) is 61.5 Å². The van der Waals surface area contributed by atoms with Gasteiger partial charge in [0.05, 0.1) is 41.6 Å². The predicted octanol–water partition coefficient (Wildman–Crippen LogP) is 5.81. The van der Waals surface area contributed by atoms with E-state index in [2.05, 4.69) is 16.8 Å². The number of carbonyl (C=O) groups is 1. The average molecular weight is 454 g/mol. The van der Waals surface area contributed by atoms with Gasteiger partial charge in [-0.15, -0.1) is 0 Å². The molecule has 1 aliphatic rings. The van der Waals surface area contributed by atoms with Crippen LogP contribution in [0.4, 0.5) is 5.95 Å². The summed E-state index contributed by atoms with van der Waals surface area (Å²) >= 11 is 0. The highest BCUT2D eigenvalue weighted by Crippen LogP contribution is 2.42. The summed E-state index contributed by atoms with van der Waals surface area (Å²) in [4.78, 5) is 18.4. The van der Waals surface area contributed by atoms with Crippen molar-refractivity contribution in [1.29, 1.82) is 0 Å². The number of ether oxygens (including phenoxy) is 2. The normalized spacial score (nSPS) is 15.1. The van der Waals surface area contributed by atoms with E-state index in [0.717, 1.165) is 34.3 Å². The molecular formula is C28H27N3O3. The third-order valence-electron chi connectivity index (χ3n) is 5.84. The first-order chi connectivity index (χ1) is 16.7. The molecular weight excluding hydrogens is 426 g/mol. The lowest BCUT2D eigenvalue weighted by Gasteiger charge is -2.31. The highest BCUT2D eigenvalue weighted by Gasteiger charge is 2.36. The molecule has 1 aromatic heterocycles. The number of nitrogens with zero attached hydrogens (tertiary/aromatic N) is 2. The molecule has 0 amide bonds. The van der Waals surface area contributed by atoms with Crippen molar-refractivity contribution in [1.82, 2.24) is 9.55 Å². The molecule has 5 rings (SSSR count). The first-order valence-electron chi connectivity index (χ1n) is 11.6. The molecule has 0 aliphatic carbocycles. The minimum atomic E-state index is -0.442. The second kappa shape index (κ2) is 9.43. The first-order valence-corrected chi connectivity index (χ1v) is 11.6. The van der Waals surface area contributed by atoms with Crippen LogP contribution in [0.3, 0.4) is 0 Å². The summed E-state index contributed by atoms with van der Waals surface area (Å²) in [6, 6.07) is 25.3. The van der Waals surface area contributed by atoms with Gasteiger partial charge in [-0.2, -0.15) is 0 Å². The van der Waals surface area contributed by atoms with E-state index in [9.17, 15) is 4.79 Å². The van der Waals surface area contributed by atoms with Crippen molar-refractivity contribution in [3.63, 3.8) is 0 Å². The number of aromatic nitrogens is 2. The number of nitrogens with one attached hydrogen (secondary N) is 1. The van der Waals surface area contributed by atoms with E-state index in [1.165, 1.54) is 0 Å².